The van der Waals surface area contributed by atoms with Gasteiger partial charge < -0.3 is 27.9 Å². The van der Waals surface area contributed by atoms with Gasteiger partial charge in [-0.3, -0.25) is 9.36 Å². The summed E-state index contributed by atoms with van der Waals surface area (Å²) < 4.78 is 34.5. The molecule has 0 aromatic carbocycles. The van der Waals surface area contributed by atoms with E-state index in [1.807, 2.05) is 21.1 Å². The third-order valence-electron chi connectivity index (χ3n) is 8.85. The number of hydrogen-bond acceptors (Lipinski definition) is 7. The lowest BCUT2D eigenvalue weighted by Crippen LogP contribution is -2.37. The molecule has 0 bridgehead atoms. The lowest BCUT2D eigenvalue weighted by atomic mass is 10.1. The van der Waals surface area contributed by atoms with E-state index < -0.39 is 13.9 Å². The molecule has 0 rings (SSSR count). The molecule has 0 aliphatic rings. The van der Waals surface area contributed by atoms with Gasteiger partial charge in [-0.1, -0.05) is 150 Å². The molecule has 332 valence electrons. The second kappa shape index (κ2) is 41.2. The molecule has 0 amide bonds. The second-order valence-electron chi connectivity index (χ2n) is 15.7. The van der Waals surface area contributed by atoms with Crippen LogP contribution in [0.15, 0.2) is 97.2 Å². The molecular formula is C49H84NO7P. The highest BCUT2D eigenvalue weighted by Gasteiger charge is 2.20. The molecule has 0 radical (unpaired) electrons. The van der Waals surface area contributed by atoms with Crippen LogP contribution in [0.2, 0.25) is 0 Å². The van der Waals surface area contributed by atoms with Crippen molar-refractivity contribution in [1.82, 2.24) is 0 Å². The zero-order valence-electron chi connectivity index (χ0n) is 37.5. The number of carbonyl (C=O) groups is 1. The van der Waals surface area contributed by atoms with Crippen molar-refractivity contribution in [2.45, 2.75) is 155 Å². The number of carbonyl (C=O) groups excluding carboxylic acids is 1. The summed E-state index contributed by atoms with van der Waals surface area (Å²) >= 11 is 0. The van der Waals surface area contributed by atoms with Crippen LogP contribution in [0.25, 0.3) is 0 Å². The molecule has 0 aromatic rings. The highest BCUT2D eigenvalue weighted by molar-refractivity contribution is 7.45. The lowest BCUT2D eigenvalue weighted by molar-refractivity contribution is -0.870. The molecule has 0 aliphatic carbocycles. The molecule has 0 N–H and O–H groups in total. The summed E-state index contributed by atoms with van der Waals surface area (Å²) in [5.74, 6) is -0.374. The summed E-state index contributed by atoms with van der Waals surface area (Å²) in [5, 5.41) is 0. The molecule has 0 aromatic heterocycles. The van der Waals surface area contributed by atoms with E-state index in [0.29, 0.717) is 24.1 Å². The number of phosphoric ester groups is 1. The second-order valence-corrected chi connectivity index (χ2v) is 17.1. The van der Waals surface area contributed by atoms with Crippen LogP contribution in [0, 0.1) is 0 Å². The van der Waals surface area contributed by atoms with Gasteiger partial charge in [-0.2, -0.15) is 0 Å². The molecule has 8 nitrogen and oxygen atoms in total. The summed E-state index contributed by atoms with van der Waals surface area (Å²) in [6, 6.07) is 0. The Morgan fingerprint density at radius 1 is 0.552 bits per heavy atom. The van der Waals surface area contributed by atoms with Gasteiger partial charge in [0, 0.05) is 13.0 Å². The zero-order chi connectivity index (χ0) is 42.7. The summed E-state index contributed by atoms with van der Waals surface area (Å²) in [5.41, 5.74) is 0. The van der Waals surface area contributed by atoms with E-state index in [0.717, 1.165) is 89.9 Å². The van der Waals surface area contributed by atoms with Crippen LogP contribution in [-0.2, 0) is 27.9 Å². The maximum absolute atomic E-state index is 12.7. The number of quaternary nitrogens is 1. The Bertz CT molecular complexity index is 1240. The SMILES string of the molecule is CC/C=C\C/C=C\C/C=C\C/C=C\C/C=C\C/C=C\C/C=C\CCCCCC(=O)OC(COCCCCCCCC/C=C\CCC)COP(=O)([O-])OCC[N+](C)(C)C. The van der Waals surface area contributed by atoms with Gasteiger partial charge in [0.25, 0.3) is 7.82 Å². The van der Waals surface area contributed by atoms with Crippen LogP contribution in [0.3, 0.4) is 0 Å². The van der Waals surface area contributed by atoms with E-state index in [9.17, 15) is 14.3 Å². The number of rotatable bonds is 40. The first-order valence-electron chi connectivity index (χ1n) is 22.5. The van der Waals surface area contributed by atoms with E-state index in [2.05, 4.69) is 111 Å². The van der Waals surface area contributed by atoms with Crippen molar-refractivity contribution in [2.75, 3.05) is 54.1 Å². The van der Waals surface area contributed by atoms with E-state index in [1.54, 1.807) is 0 Å². The van der Waals surface area contributed by atoms with E-state index >= 15 is 0 Å². The zero-order valence-corrected chi connectivity index (χ0v) is 38.3. The number of esters is 1. The predicted octanol–water partition coefficient (Wildman–Crippen LogP) is 12.8. The van der Waals surface area contributed by atoms with Gasteiger partial charge in [0.2, 0.25) is 0 Å². The van der Waals surface area contributed by atoms with Gasteiger partial charge in [-0.25, -0.2) is 0 Å². The molecule has 0 spiro atoms. The van der Waals surface area contributed by atoms with Gasteiger partial charge in [-0.15, -0.1) is 0 Å². The highest BCUT2D eigenvalue weighted by Crippen LogP contribution is 2.38. The summed E-state index contributed by atoms with van der Waals surface area (Å²) in [7, 11) is 1.31. The van der Waals surface area contributed by atoms with Gasteiger partial charge in [-0.05, 0) is 89.9 Å². The van der Waals surface area contributed by atoms with Crippen LogP contribution in [-0.4, -0.2) is 70.7 Å². The van der Waals surface area contributed by atoms with Crippen molar-refractivity contribution in [3.63, 3.8) is 0 Å². The van der Waals surface area contributed by atoms with E-state index in [1.165, 1.54) is 32.1 Å². The minimum Gasteiger partial charge on any atom is -0.756 e. The average molecular weight is 830 g/mol. The Kier molecular flexibility index (Phi) is 39.3. The van der Waals surface area contributed by atoms with E-state index in [-0.39, 0.29) is 32.2 Å². The largest absolute Gasteiger partial charge is 0.756 e. The van der Waals surface area contributed by atoms with Crippen molar-refractivity contribution in [1.29, 1.82) is 0 Å². The topological polar surface area (TPSA) is 94.1 Å². The Morgan fingerprint density at radius 3 is 1.52 bits per heavy atom. The van der Waals surface area contributed by atoms with Crippen molar-refractivity contribution in [2.24, 2.45) is 0 Å². The van der Waals surface area contributed by atoms with Gasteiger partial charge in [0.1, 0.15) is 19.3 Å². The first-order chi connectivity index (χ1) is 28.1. The smallest absolute Gasteiger partial charge is 0.306 e. The first kappa shape index (κ1) is 55.4. The lowest BCUT2D eigenvalue weighted by Gasteiger charge is -2.28. The number of ether oxygens (including phenoxy) is 2. The Hall–Kier alpha value is -2.58. The van der Waals surface area contributed by atoms with Crippen molar-refractivity contribution < 1.29 is 37.3 Å². The van der Waals surface area contributed by atoms with Crippen molar-refractivity contribution >= 4 is 13.8 Å². The van der Waals surface area contributed by atoms with Crippen LogP contribution in [0.5, 0.6) is 0 Å². The first-order valence-corrected chi connectivity index (χ1v) is 23.9. The minimum absolute atomic E-state index is 0.0124. The Balaban J connectivity index is 4.28. The molecule has 0 heterocycles. The fraction of sp³-hybridized carbons (Fsp3) is 0.653. The molecule has 9 heteroatoms. The monoisotopic (exact) mass is 830 g/mol. The van der Waals surface area contributed by atoms with Crippen LogP contribution >= 0.6 is 7.82 Å². The third kappa shape index (κ3) is 44.5. The molecule has 0 aliphatic heterocycles. The number of nitrogens with zero attached hydrogens (tertiary/aromatic N) is 1. The number of unbranched alkanes of at least 4 members (excludes halogenated alkanes) is 10. The van der Waals surface area contributed by atoms with E-state index in [4.69, 9.17) is 18.5 Å². The van der Waals surface area contributed by atoms with Crippen LogP contribution in [0.1, 0.15) is 149 Å². The molecule has 2 atom stereocenters. The highest BCUT2D eigenvalue weighted by atomic mass is 31.2. The molecule has 58 heavy (non-hydrogen) atoms. The standard InChI is InChI=1S/C49H84NO7P/c1-6-8-10-12-14-16-18-19-20-21-22-23-24-25-26-27-28-29-30-31-32-34-36-38-40-42-49(51)57-48(47-56-58(52,53)55-45-43-50(3,4)5)46-54-44-41-39-37-35-33-17-15-13-11-9-7-2/h8,10-11,13-14,16,19-20,22-23,25-26,28-29,31-32,48H,6-7,9,12,15,17-18,21,24,27,30,33-47H2,1-5H3/b10-8-,13-11-,16-14-,20-19-,23-22-,26-25-,29-28-,32-31-. The Morgan fingerprint density at radius 2 is 1.00 bits per heavy atom. The average Bonchev–Trinajstić information content (AvgIpc) is 3.18. The number of likely N-dealkylation sites (N-methyl/N-ethyl adjacent to an activating group) is 1. The summed E-state index contributed by atoms with van der Waals surface area (Å²) in [6.07, 6.45) is 55.7. The van der Waals surface area contributed by atoms with Crippen molar-refractivity contribution in [3.8, 4) is 0 Å². The fourth-order valence-corrected chi connectivity index (χ4v) is 6.14. The van der Waals surface area contributed by atoms with Crippen molar-refractivity contribution in [3.05, 3.63) is 97.2 Å². The summed E-state index contributed by atoms with van der Waals surface area (Å²) in [4.78, 5) is 25.0. The quantitative estimate of drug-likeness (QED) is 0.0200. The maximum Gasteiger partial charge on any atom is 0.306 e. The molecule has 0 saturated carbocycles. The molecule has 0 saturated heterocycles. The molecular weight excluding hydrogens is 746 g/mol. The molecule has 2 unspecified atom stereocenters. The molecule has 0 fully saturated rings. The van der Waals surface area contributed by atoms with Crippen LogP contribution in [0.4, 0.5) is 0 Å². The minimum atomic E-state index is -4.54. The summed E-state index contributed by atoms with van der Waals surface area (Å²) in [6.45, 7) is 5.15. The van der Waals surface area contributed by atoms with Gasteiger partial charge >= 0.3 is 5.97 Å². The normalized spacial score (nSPS) is 14.7. The predicted molar refractivity (Wildman–Crippen MR) is 245 cm³/mol. The Labute approximate surface area is 356 Å². The number of phosphoric acid groups is 1. The third-order valence-corrected chi connectivity index (χ3v) is 9.81. The maximum atomic E-state index is 12.7. The fourth-order valence-electron chi connectivity index (χ4n) is 5.41. The number of hydrogen-bond donors (Lipinski definition) is 0. The van der Waals surface area contributed by atoms with Gasteiger partial charge in [0.05, 0.1) is 34.4 Å². The van der Waals surface area contributed by atoms with Crippen LogP contribution < -0.4 is 4.89 Å². The van der Waals surface area contributed by atoms with Gasteiger partial charge in [0.15, 0.2) is 0 Å². The number of allylic oxidation sites excluding steroid dienone is 16.